The summed E-state index contributed by atoms with van der Waals surface area (Å²) in [4.78, 5) is 27.5. The Morgan fingerprint density at radius 3 is 2.74 bits per heavy atom. The van der Waals surface area contributed by atoms with Crippen LogP contribution in [0.1, 0.15) is 6.42 Å². The van der Waals surface area contributed by atoms with Crippen molar-refractivity contribution in [1.82, 2.24) is 0 Å². The highest BCUT2D eigenvalue weighted by molar-refractivity contribution is 9.10. The van der Waals surface area contributed by atoms with E-state index in [-0.39, 0.29) is 18.2 Å². The first kappa shape index (κ1) is 18.2. The van der Waals surface area contributed by atoms with Crippen LogP contribution in [0.3, 0.4) is 0 Å². The van der Waals surface area contributed by atoms with Crippen LogP contribution in [-0.4, -0.2) is 37.3 Å². The summed E-state index contributed by atoms with van der Waals surface area (Å²) in [7, 11) is 0. The standard InChI is InChI=1S/C19H17BrN2O4S/c20-12-9-15-16(26-8-7-25-15)10-13(12)21-18(23)5-6-22-14-3-1-2-4-17(14)27-11-19(22)24/h1-4,9-10H,5-8,11H2,(H,21,23). The van der Waals surface area contributed by atoms with Crippen molar-refractivity contribution in [3.63, 3.8) is 0 Å². The summed E-state index contributed by atoms with van der Waals surface area (Å²) in [5, 5.41) is 2.87. The number of amides is 2. The van der Waals surface area contributed by atoms with Crippen molar-refractivity contribution in [2.45, 2.75) is 11.3 Å². The van der Waals surface area contributed by atoms with Gasteiger partial charge in [-0.25, -0.2) is 0 Å². The van der Waals surface area contributed by atoms with Gasteiger partial charge in [-0.3, -0.25) is 9.59 Å². The quantitative estimate of drug-likeness (QED) is 0.772. The maximum absolute atomic E-state index is 12.4. The number of thioether (sulfide) groups is 1. The molecule has 2 heterocycles. The molecule has 140 valence electrons. The maximum Gasteiger partial charge on any atom is 0.237 e. The van der Waals surface area contributed by atoms with Crippen molar-refractivity contribution in [3.8, 4) is 11.5 Å². The Balaban J connectivity index is 1.43. The van der Waals surface area contributed by atoms with Gasteiger partial charge in [-0.2, -0.15) is 0 Å². The Morgan fingerprint density at radius 1 is 1.19 bits per heavy atom. The first-order valence-electron chi connectivity index (χ1n) is 8.53. The number of para-hydroxylation sites is 1. The van der Waals surface area contributed by atoms with Gasteiger partial charge in [0.15, 0.2) is 11.5 Å². The van der Waals surface area contributed by atoms with Gasteiger partial charge in [0.05, 0.1) is 17.1 Å². The molecule has 1 N–H and O–H groups in total. The zero-order valence-electron chi connectivity index (χ0n) is 14.4. The molecular formula is C19H17BrN2O4S. The van der Waals surface area contributed by atoms with Crippen molar-refractivity contribution in [2.24, 2.45) is 0 Å². The van der Waals surface area contributed by atoms with Gasteiger partial charge in [-0.1, -0.05) is 12.1 Å². The number of nitrogens with one attached hydrogen (secondary N) is 1. The van der Waals surface area contributed by atoms with Crippen LogP contribution in [0.5, 0.6) is 11.5 Å². The zero-order valence-corrected chi connectivity index (χ0v) is 16.8. The van der Waals surface area contributed by atoms with Gasteiger partial charge in [0, 0.05) is 34.5 Å². The Hall–Kier alpha value is -2.19. The van der Waals surface area contributed by atoms with E-state index in [1.807, 2.05) is 24.3 Å². The van der Waals surface area contributed by atoms with Gasteiger partial charge in [-0.05, 0) is 28.1 Å². The molecule has 0 aromatic heterocycles. The van der Waals surface area contributed by atoms with Gasteiger partial charge >= 0.3 is 0 Å². The molecule has 0 spiro atoms. The maximum atomic E-state index is 12.4. The summed E-state index contributed by atoms with van der Waals surface area (Å²) < 4.78 is 11.8. The normalized spacial score (nSPS) is 15.3. The SMILES string of the molecule is O=C(CCN1C(=O)CSc2ccccc21)Nc1cc2c(cc1Br)OCCO2. The minimum atomic E-state index is -0.170. The highest BCUT2D eigenvalue weighted by Gasteiger charge is 2.25. The molecule has 27 heavy (non-hydrogen) atoms. The fraction of sp³-hybridized carbons (Fsp3) is 0.263. The van der Waals surface area contributed by atoms with Crippen molar-refractivity contribution in [2.75, 3.05) is 35.7 Å². The van der Waals surface area contributed by atoms with Crippen molar-refractivity contribution in [1.29, 1.82) is 0 Å². The molecule has 4 rings (SSSR count). The molecule has 2 amide bonds. The first-order chi connectivity index (χ1) is 13.1. The van der Waals surface area contributed by atoms with E-state index in [2.05, 4.69) is 21.2 Å². The molecule has 2 aliphatic heterocycles. The number of benzene rings is 2. The summed E-state index contributed by atoms with van der Waals surface area (Å²) >= 11 is 4.97. The molecule has 0 saturated carbocycles. The van der Waals surface area contributed by atoms with Crippen LogP contribution in [0.25, 0.3) is 0 Å². The van der Waals surface area contributed by atoms with E-state index in [0.29, 0.717) is 42.7 Å². The monoisotopic (exact) mass is 448 g/mol. The third-order valence-corrected chi connectivity index (χ3v) is 5.98. The van der Waals surface area contributed by atoms with E-state index in [1.54, 1.807) is 17.0 Å². The number of anilines is 2. The van der Waals surface area contributed by atoms with Crippen LogP contribution in [-0.2, 0) is 9.59 Å². The van der Waals surface area contributed by atoms with Crippen LogP contribution < -0.4 is 19.7 Å². The molecule has 0 radical (unpaired) electrons. The summed E-state index contributed by atoms with van der Waals surface area (Å²) in [5.41, 5.74) is 1.48. The van der Waals surface area contributed by atoms with Crippen molar-refractivity contribution < 1.29 is 19.1 Å². The van der Waals surface area contributed by atoms with Gasteiger partial charge < -0.3 is 19.7 Å². The predicted octanol–water partition coefficient (Wildman–Crippen LogP) is 3.69. The van der Waals surface area contributed by atoms with Crippen LogP contribution in [0.2, 0.25) is 0 Å². The number of fused-ring (bicyclic) bond motifs is 2. The van der Waals surface area contributed by atoms with Gasteiger partial charge in [0.25, 0.3) is 0 Å². The van der Waals surface area contributed by atoms with Crippen molar-refractivity contribution >= 4 is 50.9 Å². The Labute approximate surface area is 169 Å². The number of ether oxygens (including phenoxy) is 2. The van der Waals surface area contributed by atoms with E-state index < -0.39 is 0 Å². The van der Waals surface area contributed by atoms with E-state index in [1.165, 1.54) is 11.8 Å². The average molecular weight is 449 g/mol. The number of halogens is 1. The van der Waals surface area contributed by atoms with Crippen LogP contribution >= 0.6 is 27.7 Å². The molecule has 0 unspecified atom stereocenters. The van der Waals surface area contributed by atoms with Crippen LogP contribution in [0.4, 0.5) is 11.4 Å². The first-order valence-corrected chi connectivity index (χ1v) is 10.3. The Bertz CT molecular complexity index is 905. The second-order valence-corrected chi connectivity index (χ2v) is 7.95. The van der Waals surface area contributed by atoms with E-state index in [0.717, 1.165) is 15.1 Å². The number of carbonyl (C=O) groups is 2. The van der Waals surface area contributed by atoms with E-state index >= 15 is 0 Å². The molecule has 8 heteroatoms. The number of hydrogen-bond donors (Lipinski definition) is 1. The van der Waals surface area contributed by atoms with E-state index in [9.17, 15) is 9.59 Å². The second kappa shape index (κ2) is 7.82. The van der Waals surface area contributed by atoms with Crippen LogP contribution in [0.15, 0.2) is 45.8 Å². The lowest BCUT2D eigenvalue weighted by Crippen LogP contribution is -2.37. The molecule has 2 aromatic carbocycles. The minimum Gasteiger partial charge on any atom is -0.486 e. The molecule has 0 fully saturated rings. The summed E-state index contributed by atoms with van der Waals surface area (Å²) in [6.07, 6.45) is 0.200. The van der Waals surface area contributed by atoms with Gasteiger partial charge in [0.2, 0.25) is 11.8 Å². The smallest absolute Gasteiger partial charge is 0.237 e. The molecule has 0 bridgehead atoms. The predicted molar refractivity (Wildman–Crippen MR) is 108 cm³/mol. The second-order valence-electron chi connectivity index (χ2n) is 6.08. The molecule has 0 saturated heterocycles. The third kappa shape index (κ3) is 3.91. The lowest BCUT2D eigenvalue weighted by Gasteiger charge is -2.28. The molecule has 0 aliphatic carbocycles. The fourth-order valence-electron chi connectivity index (χ4n) is 2.98. The summed E-state index contributed by atoms with van der Waals surface area (Å²) in [6.45, 7) is 1.33. The number of carbonyl (C=O) groups excluding carboxylic acids is 2. The zero-order chi connectivity index (χ0) is 18.8. The lowest BCUT2D eigenvalue weighted by molar-refractivity contribution is -0.117. The van der Waals surface area contributed by atoms with Crippen molar-refractivity contribution in [3.05, 3.63) is 40.9 Å². The fourth-order valence-corrected chi connectivity index (χ4v) is 4.34. The topological polar surface area (TPSA) is 67.9 Å². The molecule has 6 nitrogen and oxygen atoms in total. The minimum absolute atomic E-state index is 0.0204. The average Bonchev–Trinajstić information content (AvgIpc) is 2.68. The van der Waals surface area contributed by atoms with Gasteiger partial charge in [-0.15, -0.1) is 11.8 Å². The number of nitrogens with zero attached hydrogens (tertiary/aromatic N) is 1. The molecule has 2 aromatic rings. The molecule has 2 aliphatic rings. The van der Waals surface area contributed by atoms with Gasteiger partial charge in [0.1, 0.15) is 13.2 Å². The third-order valence-electron chi connectivity index (χ3n) is 4.28. The Kier molecular flexibility index (Phi) is 5.27. The van der Waals surface area contributed by atoms with Crippen LogP contribution in [0, 0.1) is 0 Å². The summed E-state index contributed by atoms with van der Waals surface area (Å²) in [5.74, 6) is 1.51. The summed E-state index contributed by atoms with van der Waals surface area (Å²) in [6, 6.07) is 11.3. The number of rotatable bonds is 4. The lowest BCUT2D eigenvalue weighted by atomic mass is 10.2. The highest BCUT2D eigenvalue weighted by atomic mass is 79.9. The Morgan fingerprint density at radius 2 is 1.93 bits per heavy atom. The largest absolute Gasteiger partial charge is 0.486 e. The number of hydrogen-bond acceptors (Lipinski definition) is 5. The molecule has 0 atom stereocenters. The van der Waals surface area contributed by atoms with E-state index in [4.69, 9.17) is 9.47 Å². The molecular weight excluding hydrogens is 432 g/mol. The highest BCUT2D eigenvalue weighted by Crippen LogP contribution is 2.38.